The molecule has 0 radical (unpaired) electrons. The molecule has 0 aliphatic rings. The average molecular weight is 468 g/mol. The van der Waals surface area contributed by atoms with Crippen molar-refractivity contribution in [1.82, 2.24) is 9.55 Å². The van der Waals surface area contributed by atoms with Crippen LogP contribution in [0.3, 0.4) is 0 Å². The first-order valence-electron chi connectivity index (χ1n) is 9.58. The van der Waals surface area contributed by atoms with Gasteiger partial charge in [-0.1, -0.05) is 41.4 Å². The molecule has 0 unspecified atom stereocenters. The SMILES string of the molecule is COc1cc2c(cc1NC(=O)Cn1cnc3c(Cl)cc(Cl)cc3c1=O)oc1ccccc12. The Morgan fingerprint density at radius 3 is 2.72 bits per heavy atom. The Morgan fingerprint density at radius 2 is 1.91 bits per heavy atom. The maximum Gasteiger partial charge on any atom is 0.261 e. The van der Waals surface area contributed by atoms with Gasteiger partial charge >= 0.3 is 0 Å². The van der Waals surface area contributed by atoms with Crippen molar-refractivity contribution in [2.24, 2.45) is 0 Å². The summed E-state index contributed by atoms with van der Waals surface area (Å²) in [5.41, 5.74) is 1.68. The fourth-order valence-corrected chi connectivity index (χ4v) is 4.21. The third-order valence-electron chi connectivity index (χ3n) is 5.13. The second-order valence-electron chi connectivity index (χ2n) is 7.16. The first-order chi connectivity index (χ1) is 15.4. The van der Waals surface area contributed by atoms with Crippen molar-refractivity contribution < 1.29 is 13.9 Å². The zero-order valence-corrected chi connectivity index (χ0v) is 18.2. The minimum atomic E-state index is -0.435. The second kappa shape index (κ2) is 7.85. The molecule has 5 aromatic rings. The zero-order valence-electron chi connectivity index (χ0n) is 16.7. The van der Waals surface area contributed by atoms with Crippen molar-refractivity contribution in [1.29, 1.82) is 0 Å². The van der Waals surface area contributed by atoms with Gasteiger partial charge in [0.15, 0.2) is 0 Å². The predicted octanol–water partition coefficient (Wildman–Crippen LogP) is 5.25. The highest BCUT2D eigenvalue weighted by Crippen LogP contribution is 2.36. The highest BCUT2D eigenvalue weighted by molar-refractivity contribution is 6.38. The number of aromatic nitrogens is 2. The molecule has 0 atom stereocenters. The Hall–Kier alpha value is -3.55. The zero-order chi connectivity index (χ0) is 22.4. The summed E-state index contributed by atoms with van der Waals surface area (Å²) in [6.07, 6.45) is 1.28. The number of furan rings is 1. The van der Waals surface area contributed by atoms with Gasteiger partial charge < -0.3 is 14.5 Å². The minimum absolute atomic E-state index is 0.235. The van der Waals surface area contributed by atoms with E-state index in [1.165, 1.54) is 30.1 Å². The Morgan fingerprint density at radius 1 is 1.09 bits per heavy atom. The number of benzene rings is 3. The van der Waals surface area contributed by atoms with Gasteiger partial charge in [-0.25, -0.2) is 4.98 Å². The number of carbonyl (C=O) groups is 1. The van der Waals surface area contributed by atoms with E-state index in [-0.39, 0.29) is 17.0 Å². The van der Waals surface area contributed by atoms with E-state index in [1.54, 1.807) is 6.07 Å². The molecule has 160 valence electrons. The van der Waals surface area contributed by atoms with Crippen molar-refractivity contribution >= 4 is 67.6 Å². The molecule has 5 rings (SSSR count). The van der Waals surface area contributed by atoms with Gasteiger partial charge in [-0.05, 0) is 24.3 Å². The Balaban J connectivity index is 1.48. The van der Waals surface area contributed by atoms with Crippen LogP contribution in [0.4, 0.5) is 5.69 Å². The molecule has 0 saturated carbocycles. The molecular formula is C23H15Cl2N3O4. The van der Waals surface area contributed by atoms with Crippen molar-refractivity contribution in [3.05, 3.63) is 75.3 Å². The van der Waals surface area contributed by atoms with E-state index in [4.69, 9.17) is 32.4 Å². The lowest BCUT2D eigenvalue weighted by Gasteiger charge is -2.12. The summed E-state index contributed by atoms with van der Waals surface area (Å²) in [6, 6.07) is 14.1. The molecule has 9 heteroatoms. The summed E-state index contributed by atoms with van der Waals surface area (Å²) >= 11 is 12.1. The summed E-state index contributed by atoms with van der Waals surface area (Å²) in [6.45, 7) is -0.257. The number of ether oxygens (including phenoxy) is 1. The molecule has 1 amide bonds. The molecule has 0 saturated heterocycles. The third-order valence-corrected chi connectivity index (χ3v) is 5.64. The molecular weight excluding hydrogens is 453 g/mol. The molecule has 1 N–H and O–H groups in total. The maximum atomic E-state index is 12.8. The van der Waals surface area contributed by atoms with Gasteiger partial charge in [-0.15, -0.1) is 0 Å². The number of hydrogen-bond donors (Lipinski definition) is 1. The summed E-state index contributed by atoms with van der Waals surface area (Å²) in [4.78, 5) is 29.7. The number of halogens is 2. The number of fused-ring (bicyclic) bond motifs is 4. The maximum absolute atomic E-state index is 12.8. The largest absolute Gasteiger partial charge is 0.495 e. The summed E-state index contributed by atoms with van der Waals surface area (Å²) < 4.78 is 12.5. The number of nitrogens with zero attached hydrogens (tertiary/aromatic N) is 2. The molecule has 32 heavy (non-hydrogen) atoms. The average Bonchev–Trinajstić information content (AvgIpc) is 3.12. The van der Waals surface area contributed by atoms with Crippen LogP contribution < -0.4 is 15.6 Å². The second-order valence-corrected chi connectivity index (χ2v) is 8.00. The number of para-hydroxylation sites is 1. The third kappa shape index (κ3) is 3.45. The van der Waals surface area contributed by atoms with Crippen LogP contribution >= 0.6 is 23.2 Å². The van der Waals surface area contributed by atoms with Crippen LogP contribution in [0.5, 0.6) is 5.75 Å². The topological polar surface area (TPSA) is 86.4 Å². The number of amides is 1. The van der Waals surface area contributed by atoms with Crippen LogP contribution in [-0.2, 0) is 11.3 Å². The first kappa shape index (κ1) is 20.4. The molecule has 3 aromatic carbocycles. The smallest absolute Gasteiger partial charge is 0.261 e. The van der Waals surface area contributed by atoms with Crippen molar-refractivity contribution in [3.8, 4) is 5.75 Å². The molecule has 2 heterocycles. The van der Waals surface area contributed by atoms with Gasteiger partial charge in [-0.3, -0.25) is 14.2 Å². The molecule has 0 spiro atoms. The minimum Gasteiger partial charge on any atom is -0.495 e. The van der Waals surface area contributed by atoms with Crippen molar-refractivity contribution in [3.63, 3.8) is 0 Å². The van der Waals surface area contributed by atoms with E-state index >= 15 is 0 Å². The normalized spacial score (nSPS) is 11.3. The van der Waals surface area contributed by atoms with Crippen LogP contribution in [-0.4, -0.2) is 22.6 Å². The molecule has 2 aromatic heterocycles. The van der Waals surface area contributed by atoms with Crippen LogP contribution in [0, 0.1) is 0 Å². The van der Waals surface area contributed by atoms with E-state index in [0.29, 0.717) is 27.6 Å². The Labute approximate surface area is 191 Å². The number of carbonyl (C=O) groups excluding carboxylic acids is 1. The monoisotopic (exact) mass is 467 g/mol. The first-order valence-corrected chi connectivity index (χ1v) is 10.3. The van der Waals surface area contributed by atoms with Gasteiger partial charge in [0, 0.05) is 21.9 Å². The lowest BCUT2D eigenvalue weighted by molar-refractivity contribution is -0.116. The lowest BCUT2D eigenvalue weighted by Crippen LogP contribution is -2.28. The summed E-state index contributed by atoms with van der Waals surface area (Å²) in [7, 11) is 1.52. The van der Waals surface area contributed by atoms with E-state index in [2.05, 4.69) is 10.3 Å². The predicted molar refractivity (Wildman–Crippen MR) is 125 cm³/mol. The lowest BCUT2D eigenvalue weighted by atomic mass is 10.1. The van der Waals surface area contributed by atoms with Gasteiger partial charge in [0.2, 0.25) is 5.91 Å². The number of nitrogens with one attached hydrogen (secondary N) is 1. The van der Waals surface area contributed by atoms with Crippen LogP contribution in [0.2, 0.25) is 10.0 Å². The standard InChI is InChI=1S/C23H15Cl2N3O4/c1-31-20-8-14-13-4-2-3-5-18(13)32-19(14)9-17(20)27-21(29)10-28-11-26-22-15(23(28)30)6-12(24)7-16(22)25/h2-9,11H,10H2,1H3,(H,27,29). The van der Waals surface area contributed by atoms with Crippen LogP contribution in [0.1, 0.15) is 0 Å². The molecule has 7 nitrogen and oxygen atoms in total. The number of rotatable bonds is 4. The van der Waals surface area contributed by atoms with Gasteiger partial charge in [-0.2, -0.15) is 0 Å². The van der Waals surface area contributed by atoms with Gasteiger partial charge in [0.25, 0.3) is 5.56 Å². The van der Waals surface area contributed by atoms with Gasteiger partial charge in [0.05, 0.1) is 35.1 Å². The van der Waals surface area contributed by atoms with Crippen LogP contribution in [0.15, 0.2) is 64.1 Å². The van der Waals surface area contributed by atoms with Crippen molar-refractivity contribution in [2.45, 2.75) is 6.54 Å². The van der Waals surface area contributed by atoms with Gasteiger partial charge in [0.1, 0.15) is 23.5 Å². The fourth-order valence-electron chi connectivity index (χ4n) is 3.67. The van der Waals surface area contributed by atoms with E-state index in [1.807, 2.05) is 30.3 Å². The Bertz CT molecular complexity index is 1590. The van der Waals surface area contributed by atoms with Crippen LogP contribution in [0.25, 0.3) is 32.8 Å². The van der Waals surface area contributed by atoms with Crippen molar-refractivity contribution in [2.75, 3.05) is 12.4 Å². The molecule has 0 bridgehead atoms. The summed E-state index contributed by atoms with van der Waals surface area (Å²) in [5.74, 6) is 0.0371. The molecule has 0 aliphatic heterocycles. The summed E-state index contributed by atoms with van der Waals surface area (Å²) in [5, 5.41) is 5.42. The number of hydrogen-bond acceptors (Lipinski definition) is 5. The quantitative estimate of drug-likeness (QED) is 0.390. The molecule has 0 aliphatic carbocycles. The highest BCUT2D eigenvalue weighted by Gasteiger charge is 2.16. The fraction of sp³-hybridized carbons (Fsp3) is 0.0870. The van der Waals surface area contributed by atoms with E-state index in [9.17, 15) is 9.59 Å². The van der Waals surface area contributed by atoms with E-state index in [0.717, 1.165) is 16.4 Å². The highest BCUT2D eigenvalue weighted by atomic mass is 35.5. The Kier molecular flexibility index (Phi) is 5.00. The number of anilines is 1. The number of methoxy groups -OCH3 is 1. The molecule has 0 fully saturated rings. The van der Waals surface area contributed by atoms with E-state index < -0.39 is 11.5 Å².